The number of anilines is 1. The lowest BCUT2D eigenvalue weighted by atomic mass is 10.1. The van der Waals surface area contributed by atoms with Gasteiger partial charge in [-0.2, -0.15) is 0 Å². The summed E-state index contributed by atoms with van der Waals surface area (Å²) in [7, 11) is 0. The Morgan fingerprint density at radius 2 is 1.86 bits per heavy atom. The predicted octanol–water partition coefficient (Wildman–Crippen LogP) is 2.82. The van der Waals surface area contributed by atoms with Crippen LogP contribution in [0.1, 0.15) is 21.5 Å². The lowest BCUT2D eigenvalue weighted by molar-refractivity contribution is 0.0516. The Hall–Kier alpha value is -2.34. The van der Waals surface area contributed by atoms with Crippen LogP contribution in [-0.4, -0.2) is 11.8 Å². The number of rotatable bonds is 3. The predicted molar refractivity (Wildman–Crippen MR) is 85.9 cm³/mol. The highest BCUT2D eigenvalue weighted by atomic mass is 79.9. The van der Waals surface area contributed by atoms with Crippen molar-refractivity contribution in [2.75, 3.05) is 5.73 Å². The molecule has 0 heterocycles. The average molecular weight is 348 g/mol. The smallest absolute Gasteiger partial charge is 0.365 e. The van der Waals surface area contributed by atoms with Gasteiger partial charge in [0.05, 0.1) is 5.56 Å². The van der Waals surface area contributed by atoms with E-state index in [4.69, 9.17) is 16.3 Å². The standard InChI is InChI=1S/C15H14BrN3O2/c1-9-12(3-2-4-13(9)17)14(18)19-21-15(20)10-5-7-11(16)8-6-10/h2-8H,17H2,1H3,(H2,18,19). The van der Waals surface area contributed by atoms with Crippen LogP contribution in [0.2, 0.25) is 0 Å². The van der Waals surface area contributed by atoms with Crippen LogP contribution in [0, 0.1) is 6.92 Å². The van der Waals surface area contributed by atoms with Crippen molar-refractivity contribution in [3.05, 3.63) is 63.6 Å². The van der Waals surface area contributed by atoms with Gasteiger partial charge in [0.2, 0.25) is 0 Å². The number of benzene rings is 2. The maximum atomic E-state index is 11.8. The molecule has 0 spiro atoms. The van der Waals surface area contributed by atoms with Crippen LogP contribution < -0.4 is 11.5 Å². The van der Waals surface area contributed by atoms with E-state index in [-0.39, 0.29) is 5.84 Å². The minimum absolute atomic E-state index is 0.102. The zero-order valence-corrected chi connectivity index (χ0v) is 12.9. The number of carbonyl (C=O) groups excluding carboxylic acids is 1. The second-order valence-electron chi connectivity index (χ2n) is 4.38. The van der Waals surface area contributed by atoms with Crippen LogP contribution in [0.3, 0.4) is 0 Å². The van der Waals surface area contributed by atoms with E-state index in [2.05, 4.69) is 21.1 Å². The topological polar surface area (TPSA) is 90.7 Å². The molecule has 0 fully saturated rings. The summed E-state index contributed by atoms with van der Waals surface area (Å²) >= 11 is 3.29. The van der Waals surface area contributed by atoms with Crippen molar-refractivity contribution in [2.24, 2.45) is 10.9 Å². The molecule has 0 aromatic heterocycles. The number of nitrogen functional groups attached to an aromatic ring is 1. The number of nitrogens with two attached hydrogens (primary N) is 2. The number of nitrogens with zero attached hydrogens (tertiary/aromatic N) is 1. The molecule has 0 atom stereocenters. The third kappa shape index (κ3) is 3.61. The molecule has 21 heavy (non-hydrogen) atoms. The van der Waals surface area contributed by atoms with Gasteiger partial charge >= 0.3 is 5.97 Å². The molecule has 108 valence electrons. The average Bonchev–Trinajstić information content (AvgIpc) is 2.48. The van der Waals surface area contributed by atoms with Gasteiger partial charge in [0.15, 0.2) is 5.84 Å². The van der Waals surface area contributed by atoms with Gasteiger partial charge in [0.1, 0.15) is 0 Å². The van der Waals surface area contributed by atoms with E-state index in [0.29, 0.717) is 16.8 Å². The van der Waals surface area contributed by atoms with E-state index in [1.807, 2.05) is 6.92 Å². The number of halogens is 1. The van der Waals surface area contributed by atoms with Gasteiger partial charge in [0.25, 0.3) is 0 Å². The molecule has 2 aromatic rings. The van der Waals surface area contributed by atoms with Crippen LogP contribution in [0.15, 0.2) is 52.1 Å². The summed E-state index contributed by atoms with van der Waals surface area (Å²) in [5.74, 6) is -0.475. The normalized spacial score (nSPS) is 11.2. The summed E-state index contributed by atoms with van der Waals surface area (Å²) in [4.78, 5) is 16.7. The Bertz CT molecular complexity index is 697. The monoisotopic (exact) mass is 347 g/mol. The molecule has 2 rings (SSSR count). The van der Waals surface area contributed by atoms with E-state index in [9.17, 15) is 4.79 Å². The molecular formula is C15H14BrN3O2. The van der Waals surface area contributed by atoms with Crippen molar-refractivity contribution in [3.8, 4) is 0 Å². The minimum Gasteiger partial charge on any atom is -0.398 e. The van der Waals surface area contributed by atoms with Crippen LogP contribution in [0.4, 0.5) is 5.69 Å². The van der Waals surface area contributed by atoms with Gasteiger partial charge in [-0.25, -0.2) is 4.79 Å². The van der Waals surface area contributed by atoms with Gasteiger partial charge in [-0.15, -0.1) is 0 Å². The highest BCUT2D eigenvalue weighted by Crippen LogP contribution is 2.15. The summed E-state index contributed by atoms with van der Waals surface area (Å²) < 4.78 is 0.873. The van der Waals surface area contributed by atoms with Crippen molar-refractivity contribution in [1.29, 1.82) is 0 Å². The van der Waals surface area contributed by atoms with Crippen molar-refractivity contribution >= 4 is 33.4 Å². The third-order valence-corrected chi connectivity index (χ3v) is 3.49. The van der Waals surface area contributed by atoms with Crippen LogP contribution in [0.25, 0.3) is 0 Å². The Kier molecular flexibility index (Phi) is 4.59. The number of hydrogen-bond acceptors (Lipinski definition) is 4. The molecule has 0 bridgehead atoms. The molecule has 4 N–H and O–H groups in total. The molecule has 5 nitrogen and oxygen atoms in total. The van der Waals surface area contributed by atoms with Crippen LogP contribution >= 0.6 is 15.9 Å². The molecule has 0 amide bonds. The zero-order valence-electron chi connectivity index (χ0n) is 11.3. The van der Waals surface area contributed by atoms with Gasteiger partial charge < -0.3 is 16.3 Å². The molecular weight excluding hydrogens is 334 g/mol. The Balaban J connectivity index is 2.15. The second-order valence-corrected chi connectivity index (χ2v) is 5.30. The molecule has 0 aliphatic heterocycles. The van der Waals surface area contributed by atoms with E-state index in [0.717, 1.165) is 10.0 Å². The summed E-state index contributed by atoms with van der Waals surface area (Å²) in [5, 5.41) is 3.67. The van der Waals surface area contributed by atoms with Gasteiger partial charge in [-0.1, -0.05) is 33.2 Å². The second kappa shape index (κ2) is 6.41. The fraction of sp³-hybridized carbons (Fsp3) is 0.0667. The lowest BCUT2D eigenvalue weighted by Crippen LogP contribution is -2.17. The summed E-state index contributed by atoms with van der Waals surface area (Å²) in [6, 6.07) is 12.0. The van der Waals surface area contributed by atoms with Crippen molar-refractivity contribution in [3.63, 3.8) is 0 Å². The third-order valence-electron chi connectivity index (χ3n) is 2.96. The number of hydrogen-bond donors (Lipinski definition) is 2. The molecule has 0 radical (unpaired) electrons. The molecule has 0 saturated heterocycles. The maximum absolute atomic E-state index is 11.8. The molecule has 0 aliphatic rings. The van der Waals surface area contributed by atoms with E-state index in [1.54, 1.807) is 42.5 Å². The summed E-state index contributed by atoms with van der Waals surface area (Å²) in [6.07, 6.45) is 0. The quantitative estimate of drug-likeness (QED) is 0.293. The first-order chi connectivity index (χ1) is 9.99. The Labute approximate surface area is 130 Å². The van der Waals surface area contributed by atoms with E-state index in [1.165, 1.54) is 0 Å². The molecule has 0 unspecified atom stereocenters. The number of oxime groups is 1. The van der Waals surface area contributed by atoms with E-state index >= 15 is 0 Å². The fourth-order valence-electron chi connectivity index (χ4n) is 1.71. The Morgan fingerprint density at radius 3 is 2.52 bits per heavy atom. The first kappa shape index (κ1) is 15.1. The van der Waals surface area contributed by atoms with Gasteiger partial charge in [-0.3, -0.25) is 0 Å². The van der Waals surface area contributed by atoms with Crippen LogP contribution in [-0.2, 0) is 4.84 Å². The number of amidine groups is 1. The van der Waals surface area contributed by atoms with E-state index < -0.39 is 5.97 Å². The van der Waals surface area contributed by atoms with Gasteiger partial charge in [-0.05, 0) is 42.8 Å². The highest BCUT2D eigenvalue weighted by Gasteiger charge is 2.09. The minimum atomic E-state index is -0.577. The zero-order chi connectivity index (χ0) is 15.4. The number of carbonyl (C=O) groups is 1. The van der Waals surface area contributed by atoms with Crippen LogP contribution in [0.5, 0.6) is 0 Å². The van der Waals surface area contributed by atoms with Crippen molar-refractivity contribution < 1.29 is 9.63 Å². The molecule has 0 saturated carbocycles. The molecule has 6 heteroatoms. The largest absolute Gasteiger partial charge is 0.398 e. The van der Waals surface area contributed by atoms with Gasteiger partial charge in [0, 0.05) is 15.7 Å². The van der Waals surface area contributed by atoms with Crippen molar-refractivity contribution in [1.82, 2.24) is 0 Å². The first-order valence-electron chi connectivity index (χ1n) is 6.15. The molecule has 2 aromatic carbocycles. The fourth-order valence-corrected chi connectivity index (χ4v) is 1.97. The summed E-state index contributed by atoms with van der Waals surface area (Å²) in [5.41, 5.74) is 14.0. The Morgan fingerprint density at radius 1 is 1.19 bits per heavy atom. The SMILES string of the molecule is Cc1c(N)cccc1/C(N)=N/OC(=O)c1ccc(Br)cc1. The highest BCUT2D eigenvalue weighted by molar-refractivity contribution is 9.10. The first-order valence-corrected chi connectivity index (χ1v) is 6.94. The maximum Gasteiger partial charge on any atom is 0.365 e. The van der Waals surface area contributed by atoms with Crippen molar-refractivity contribution in [2.45, 2.75) is 6.92 Å². The summed E-state index contributed by atoms with van der Waals surface area (Å²) in [6.45, 7) is 1.82. The molecule has 0 aliphatic carbocycles. The lowest BCUT2D eigenvalue weighted by Gasteiger charge is -2.07.